The Kier molecular flexibility index (Phi) is 8.35. The summed E-state index contributed by atoms with van der Waals surface area (Å²) in [6, 6.07) is 16.8. The summed E-state index contributed by atoms with van der Waals surface area (Å²) in [6.45, 7) is 1.37. The minimum absolute atomic E-state index is 0.0794. The van der Waals surface area contributed by atoms with Gasteiger partial charge in [-0.3, -0.25) is 9.69 Å². The summed E-state index contributed by atoms with van der Waals surface area (Å²) in [5, 5.41) is 3.02. The number of likely N-dealkylation sites (tertiary alicyclic amines) is 1. The Morgan fingerprint density at radius 2 is 1.60 bits per heavy atom. The van der Waals surface area contributed by atoms with Gasteiger partial charge in [-0.2, -0.15) is 0 Å². The number of hydrogen-bond donors (Lipinski definition) is 1. The van der Waals surface area contributed by atoms with Gasteiger partial charge in [0.05, 0.1) is 11.6 Å². The Balaban J connectivity index is 1.19. The van der Waals surface area contributed by atoms with E-state index in [1.165, 1.54) is 24.5 Å². The molecule has 2 heterocycles. The van der Waals surface area contributed by atoms with E-state index in [0.717, 1.165) is 17.7 Å². The number of ether oxygens (including phenoxy) is 1. The van der Waals surface area contributed by atoms with Crippen molar-refractivity contribution in [2.75, 3.05) is 19.7 Å². The number of aromatic nitrogens is 2. The summed E-state index contributed by atoms with van der Waals surface area (Å²) >= 11 is 0. The smallest absolute Gasteiger partial charge is 0.254 e. The SMILES string of the molecule is O=C(NC1CCN(C(COc2cc(F)c(F)c(F)c2)c2ccccc2)CC1)c1cnc(-c2cccc(F)c2)nc1. The van der Waals surface area contributed by atoms with Crippen LogP contribution in [0.1, 0.15) is 34.8 Å². The second kappa shape index (κ2) is 12.3. The molecule has 1 unspecified atom stereocenters. The van der Waals surface area contributed by atoms with E-state index < -0.39 is 23.3 Å². The van der Waals surface area contributed by atoms with Crippen molar-refractivity contribution >= 4 is 5.91 Å². The first-order valence-corrected chi connectivity index (χ1v) is 12.8. The van der Waals surface area contributed by atoms with Crippen LogP contribution in [0.3, 0.4) is 0 Å². The Hall–Kier alpha value is -4.31. The van der Waals surface area contributed by atoms with Gasteiger partial charge in [0.1, 0.15) is 18.2 Å². The maximum absolute atomic E-state index is 13.7. The highest BCUT2D eigenvalue weighted by Crippen LogP contribution is 2.27. The zero-order valence-electron chi connectivity index (χ0n) is 21.4. The summed E-state index contributed by atoms with van der Waals surface area (Å²) < 4.78 is 59.8. The highest BCUT2D eigenvalue weighted by Gasteiger charge is 2.28. The Labute approximate surface area is 228 Å². The average molecular weight is 551 g/mol. The van der Waals surface area contributed by atoms with Gasteiger partial charge in [-0.25, -0.2) is 27.5 Å². The van der Waals surface area contributed by atoms with Crippen LogP contribution in [0.5, 0.6) is 5.75 Å². The predicted octanol–water partition coefficient (Wildman–Crippen LogP) is 5.71. The van der Waals surface area contributed by atoms with Gasteiger partial charge in [-0.05, 0) is 30.5 Å². The van der Waals surface area contributed by atoms with E-state index in [0.29, 0.717) is 42.9 Å². The third-order valence-corrected chi connectivity index (χ3v) is 6.85. The van der Waals surface area contributed by atoms with E-state index in [4.69, 9.17) is 4.74 Å². The Morgan fingerprint density at radius 3 is 2.25 bits per heavy atom. The topological polar surface area (TPSA) is 67.4 Å². The van der Waals surface area contributed by atoms with Crippen LogP contribution in [0.25, 0.3) is 11.4 Å². The molecule has 1 fully saturated rings. The summed E-state index contributed by atoms with van der Waals surface area (Å²) in [4.78, 5) is 23.4. The van der Waals surface area contributed by atoms with E-state index in [9.17, 15) is 22.4 Å². The maximum atomic E-state index is 13.7. The van der Waals surface area contributed by atoms with Gasteiger partial charge in [-0.1, -0.05) is 42.5 Å². The van der Waals surface area contributed by atoms with Crippen molar-refractivity contribution in [1.82, 2.24) is 20.2 Å². The molecule has 10 heteroatoms. The van der Waals surface area contributed by atoms with E-state index in [2.05, 4.69) is 20.2 Å². The molecule has 1 N–H and O–H groups in total. The molecule has 3 aromatic carbocycles. The highest BCUT2D eigenvalue weighted by molar-refractivity contribution is 5.93. The lowest BCUT2D eigenvalue weighted by Crippen LogP contribution is -2.46. The Morgan fingerprint density at radius 1 is 0.925 bits per heavy atom. The van der Waals surface area contributed by atoms with Crippen LogP contribution in [-0.2, 0) is 0 Å². The molecule has 0 aliphatic carbocycles. The zero-order valence-corrected chi connectivity index (χ0v) is 21.4. The number of hydrogen-bond acceptors (Lipinski definition) is 5. The average Bonchev–Trinajstić information content (AvgIpc) is 2.97. The fourth-order valence-electron chi connectivity index (χ4n) is 4.72. The molecule has 6 nitrogen and oxygen atoms in total. The second-order valence-electron chi connectivity index (χ2n) is 9.53. The van der Waals surface area contributed by atoms with Gasteiger partial charge >= 0.3 is 0 Å². The summed E-state index contributed by atoms with van der Waals surface area (Å²) in [5.74, 6) is -4.62. The first-order chi connectivity index (χ1) is 19.4. The molecular weight excluding hydrogens is 524 g/mol. The van der Waals surface area contributed by atoms with E-state index in [1.807, 2.05) is 30.3 Å². The van der Waals surface area contributed by atoms with Crippen molar-refractivity contribution in [2.45, 2.75) is 24.9 Å². The number of benzene rings is 3. The molecular formula is C30H26F4N4O2. The number of nitrogens with one attached hydrogen (secondary N) is 1. The van der Waals surface area contributed by atoms with Crippen molar-refractivity contribution in [3.8, 4) is 17.1 Å². The number of carbonyl (C=O) groups excluding carboxylic acids is 1. The standard InChI is InChI=1S/C30H26F4N4O2/c31-22-8-4-7-20(13-22)29-35-16-21(17-36-29)30(39)37-23-9-11-38(12-10-23)27(19-5-2-1-3-6-19)18-40-24-14-25(32)28(34)26(33)15-24/h1-8,13-17,23,27H,9-12,18H2,(H,37,39). The molecule has 0 saturated carbocycles. The molecule has 0 bridgehead atoms. The molecule has 0 radical (unpaired) electrons. The van der Waals surface area contributed by atoms with Gasteiger partial charge in [0.15, 0.2) is 23.3 Å². The fourth-order valence-corrected chi connectivity index (χ4v) is 4.72. The molecule has 1 aliphatic rings. The molecule has 1 amide bonds. The molecule has 1 aliphatic heterocycles. The third-order valence-electron chi connectivity index (χ3n) is 6.85. The minimum Gasteiger partial charge on any atom is -0.491 e. The van der Waals surface area contributed by atoms with Crippen LogP contribution < -0.4 is 10.1 Å². The lowest BCUT2D eigenvalue weighted by Gasteiger charge is -2.38. The molecule has 1 aromatic heterocycles. The van der Waals surface area contributed by atoms with Crippen LogP contribution in [0.2, 0.25) is 0 Å². The van der Waals surface area contributed by atoms with Crippen molar-refractivity contribution in [3.63, 3.8) is 0 Å². The fraction of sp³-hybridized carbons (Fsp3) is 0.233. The Bertz CT molecular complexity index is 1440. The van der Waals surface area contributed by atoms with Crippen molar-refractivity contribution in [1.29, 1.82) is 0 Å². The van der Waals surface area contributed by atoms with Crippen molar-refractivity contribution in [2.24, 2.45) is 0 Å². The number of piperidine rings is 1. The molecule has 1 saturated heterocycles. The van der Waals surface area contributed by atoms with Crippen LogP contribution in [0.15, 0.2) is 79.1 Å². The van der Waals surface area contributed by atoms with Gasteiger partial charge < -0.3 is 10.1 Å². The molecule has 1 atom stereocenters. The maximum Gasteiger partial charge on any atom is 0.254 e. The largest absolute Gasteiger partial charge is 0.491 e. The lowest BCUT2D eigenvalue weighted by atomic mass is 9.99. The second-order valence-corrected chi connectivity index (χ2v) is 9.53. The minimum atomic E-state index is -1.54. The van der Waals surface area contributed by atoms with Crippen LogP contribution in [0, 0.1) is 23.3 Å². The molecule has 40 heavy (non-hydrogen) atoms. The lowest BCUT2D eigenvalue weighted by molar-refractivity contribution is 0.0836. The van der Waals surface area contributed by atoms with E-state index in [-0.39, 0.29) is 30.3 Å². The normalized spacial score (nSPS) is 15.0. The number of carbonyl (C=O) groups is 1. The van der Waals surface area contributed by atoms with E-state index in [1.54, 1.807) is 12.1 Å². The monoisotopic (exact) mass is 550 g/mol. The van der Waals surface area contributed by atoms with Gasteiger partial charge in [0.2, 0.25) is 0 Å². The number of nitrogens with zero attached hydrogens (tertiary/aromatic N) is 3. The van der Waals surface area contributed by atoms with E-state index >= 15 is 0 Å². The number of rotatable bonds is 8. The van der Waals surface area contributed by atoms with Gasteiger partial charge in [0, 0.05) is 49.2 Å². The first-order valence-electron chi connectivity index (χ1n) is 12.8. The molecule has 5 rings (SSSR count). The van der Waals surface area contributed by atoms with Crippen LogP contribution in [0.4, 0.5) is 17.6 Å². The van der Waals surface area contributed by atoms with Crippen molar-refractivity contribution < 1.29 is 27.1 Å². The zero-order chi connectivity index (χ0) is 28.1. The summed E-state index contributed by atoms with van der Waals surface area (Å²) in [5.41, 5.74) is 1.78. The third kappa shape index (κ3) is 6.45. The highest BCUT2D eigenvalue weighted by atomic mass is 19.2. The summed E-state index contributed by atoms with van der Waals surface area (Å²) in [6.07, 6.45) is 4.16. The van der Waals surface area contributed by atoms with Gasteiger partial charge in [0.25, 0.3) is 5.91 Å². The number of amides is 1. The van der Waals surface area contributed by atoms with Crippen molar-refractivity contribution in [3.05, 3.63) is 114 Å². The molecule has 206 valence electrons. The quantitative estimate of drug-likeness (QED) is 0.225. The summed E-state index contributed by atoms with van der Waals surface area (Å²) in [7, 11) is 0. The van der Waals surface area contributed by atoms with Crippen LogP contribution >= 0.6 is 0 Å². The van der Waals surface area contributed by atoms with Crippen LogP contribution in [-0.4, -0.2) is 46.5 Å². The van der Waals surface area contributed by atoms with Gasteiger partial charge in [-0.15, -0.1) is 0 Å². The first kappa shape index (κ1) is 27.3. The molecule has 4 aromatic rings. The molecule has 0 spiro atoms. The number of halogens is 4. The predicted molar refractivity (Wildman–Crippen MR) is 140 cm³/mol.